The van der Waals surface area contributed by atoms with Crippen LogP contribution in [-0.4, -0.2) is 55.0 Å². The molecular formula is C15H22N2O2. The second-order valence-corrected chi connectivity index (χ2v) is 4.92. The summed E-state index contributed by atoms with van der Waals surface area (Å²) in [5, 5.41) is 0. The van der Waals surface area contributed by atoms with Crippen molar-refractivity contribution in [2.45, 2.75) is 13.8 Å². The number of nitrogens with zero attached hydrogens (tertiary/aromatic N) is 2. The number of carbonyl (C=O) groups is 1. The van der Waals surface area contributed by atoms with Gasteiger partial charge in [-0.15, -0.1) is 0 Å². The van der Waals surface area contributed by atoms with Crippen LogP contribution in [0.15, 0.2) is 24.3 Å². The van der Waals surface area contributed by atoms with Gasteiger partial charge in [-0.25, -0.2) is 0 Å². The number of benzene rings is 1. The van der Waals surface area contributed by atoms with E-state index >= 15 is 0 Å². The SMILES string of the molecule is CCN1CCN(C(=O)COc2cccc(C)c2)CC1. The predicted molar refractivity (Wildman–Crippen MR) is 75.4 cm³/mol. The van der Waals surface area contributed by atoms with Crippen molar-refractivity contribution in [2.24, 2.45) is 0 Å². The molecule has 1 amide bonds. The van der Waals surface area contributed by atoms with Crippen LogP contribution in [0.1, 0.15) is 12.5 Å². The fourth-order valence-corrected chi connectivity index (χ4v) is 2.25. The highest BCUT2D eigenvalue weighted by Gasteiger charge is 2.20. The van der Waals surface area contributed by atoms with Gasteiger partial charge in [0.15, 0.2) is 6.61 Å². The number of hydrogen-bond acceptors (Lipinski definition) is 3. The third-order valence-corrected chi connectivity index (χ3v) is 3.52. The molecular weight excluding hydrogens is 240 g/mol. The zero-order chi connectivity index (χ0) is 13.7. The van der Waals surface area contributed by atoms with E-state index in [4.69, 9.17) is 4.74 Å². The number of aryl methyl sites for hydroxylation is 1. The normalized spacial score (nSPS) is 16.4. The quantitative estimate of drug-likeness (QED) is 0.825. The number of ether oxygens (including phenoxy) is 1. The molecule has 0 N–H and O–H groups in total. The maximum atomic E-state index is 12.0. The van der Waals surface area contributed by atoms with Crippen LogP contribution < -0.4 is 4.74 Å². The van der Waals surface area contributed by atoms with Crippen LogP contribution in [0.2, 0.25) is 0 Å². The summed E-state index contributed by atoms with van der Waals surface area (Å²) in [6.07, 6.45) is 0. The molecule has 0 radical (unpaired) electrons. The molecule has 1 aromatic carbocycles. The van der Waals surface area contributed by atoms with Crippen molar-refractivity contribution in [3.63, 3.8) is 0 Å². The summed E-state index contributed by atoms with van der Waals surface area (Å²) >= 11 is 0. The van der Waals surface area contributed by atoms with Crippen molar-refractivity contribution in [1.29, 1.82) is 0 Å². The summed E-state index contributed by atoms with van der Waals surface area (Å²) in [5.74, 6) is 0.845. The van der Waals surface area contributed by atoms with Crippen molar-refractivity contribution in [3.8, 4) is 5.75 Å². The Morgan fingerprint density at radius 1 is 1.26 bits per heavy atom. The average Bonchev–Trinajstić information content (AvgIpc) is 2.45. The molecule has 0 aromatic heterocycles. The second-order valence-electron chi connectivity index (χ2n) is 4.92. The molecule has 2 rings (SSSR count). The van der Waals surface area contributed by atoms with Crippen LogP contribution in [0.3, 0.4) is 0 Å². The Labute approximate surface area is 115 Å². The lowest BCUT2D eigenvalue weighted by Gasteiger charge is -2.33. The van der Waals surface area contributed by atoms with Crippen molar-refractivity contribution in [2.75, 3.05) is 39.3 Å². The topological polar surface area (TPSA) is 32.8 Å². The Hall–Kier alpha value is -1.55. The minimum atomic E-state index is 0.0808. The number of rotatable bonds is 4. The summed E-state index contributed by atoms with van der Waals surface area (Å²) in [6, 6.07) is 7.78. The van der Waals surface area contributed by atoms with Crippen LogP contribution in [0, 0.1) is 6.92 Å². The summed E-state index contributed by atoms with van der Waals surface area (Å²) < 4.78 is 5.55. The molecule has 4 heteroatoms. The maximum Gasteiger partial charge on any atom is 0.260 e. The standard InChI is InChI=1S/C15H22N2O2/c1-3-16-7-9-17(10-8-16)15(18)12-19-14-6-4-5-13(2)11-14/h4-6,11H,3,7-10,12H2,1-2H3. The van der Waals surface area contributed by atoms with Crippen molar-refractivity contribution >= 4 is 5.91 Å². The molecule has 0 saturated carbocycles. The lowest BCUT2D eigenvalue weighted by molar-refractivity contribution is -0.135. The summed E-state index contributed by atoms with van der Waals surface area (Å²) in [7, 11) is 0. The molecule has 0 bridgehead atoms. The number of likely N-dealkylation sites (N-methyl/N-ethyl adjacent to an activating group) is 1. The van der Waals surface area contributed by atoms with E-state index in [1.807, 2.05) is 36.1 Å². The van der Waals surface area contributed by atoms with E-state index in [9.17, 15) is 4.79 Å². The zero-order valence-corrected chi connectivity index (χ0v) is 11.8. The lowest BCUT2D eigenvalue weighted by Crippen LogP contribution is -2.49. The molecule has 1 heterocycles. The summed E-state index contributed by atoms with van der Waals surface area (Å²) in [5.41, 5.74) is 1.14. The van der Waals surface area contributed by atoms with Gasteiger partial charge in [0.1, 0.15) is 5.75 Å². The predicted octanol–water partition coefficient (Wildman–Crippen LogP) is 1.54. The van der Waals surface area contributed by atoms with Crippen molar-refractivity contribution < 1.29 is 9.53 Å². The van der Waals surface area contributed by atoms with E-state index in [1.54, 1.807) is 0 Å². The first-order valence-electron chi connectivity index (χ1n) is 6.88. The third kappa shape index (κ3) is 3.96. The van der Waals surface area contributed by atoms with E-state index < -0.39 is 0 Å². The molecule has 0 aliphatic carbocycles. The Morgan fingerprint density at radius 2 is 2.00 bits per heavy atom. The van der Waals surface area contributed by atoms with Crippen LogP contribution in [0.25, 0.3) is 0 Å². The van der Waals surface area contributed by atoms with E-state index in [0.717, 1.165) is 44.0 Å². The monoisotopic (exact) mass is 262 g/mol. The van der Waals surface area contributed by atoms with Gasteiger partial charge >= 0.3 is 0 Å². The van der Waals surface area contributed by atoms with Crippen molar-refractivity contribution in [1.82, 2.24) is 9.80 Å². The van der Waals surface area contributed by atoms with Gasteiger partial charge in [-0.1, -0.05) is 19.1 Å². The highest BCUT2D eigenvalue weighted by Crippen LogP contribution is 2.12. The largest absolute Gasteiger partial charge is 0.484 e. The maximum absolute atomic E-state index is 12.0. The molecule has 1 aliphatic heterocycles. The van der Waals surface area contributed by atoms with Gasteiger partial charge in [0.2, 0.25) is 0 Å². The van der Waals surface area contributed by atoms with Gasteiger partial charge in [0.25, 0.3) is 5.91 Å². The zero-order valence-electron chi connectivity index (χ0n) is 11.8. The van der Waals surface area contributed by atoms with E-state index in [1.165, 1.54) is 0 Å². The summed E-state index contributed by atoms with van der Waals surface area (Å²) in [6.45, 7) is 8.90. The Kier molecular flexibility index (Phi) is 4.80. The van der Waals surface area contributed by atoms with E-state index in [2.05, 4.69) is 11.8 Å². The highest BCUT2D eigenvalue weighted by molar-refractivity contribution is 5.77. The molecule has 4 nitrogen and oxygen atoms in total. The van der Waals surface area contributed by atoms with Crippen molar-refractivity contribution in [3.05, 3.63) is 29.8 Å². The average molecular weight is 262 g/mol. The molecule has 0 unspecified atom stereocenters. The Morgan fingerprint density at radius 3 is 2.63 bits per heavy atom. The molecule has 19 heavy (non-hydrogen) atoms. The minimum absolute atomic E-state index is 0.0808. The Balaban J connectivity index is 1.79. The molecule has 104 valence electrons. The smallest absolute Gasteiger partial charge is 0.260 e. The van der Waals surface area contributed by atoms with Crippen LogP contribution in [0.5, 0.6) is 5.75 Å². The number of piperazine rings is 1. The fraction of sp³-hybridized carbons (Fsp3) is 0.533. The molecule has 1 saturated heterocycles. The van der Waals surface area contributed by atoms with E-state index in [0.29, 0.717) is 0 Å². The summed E-state index contributed by atoms with van der Waals surface area (Å²) in [4.78, 5) is 16.3. The van der Waals surface area contributed by atoms with Gasteiger partial charge in [0, 0.05) is 26.2 Å². The highest BCUT2D eigenvalue weighted by atomic mass is 16.5. The van der Waals surface area contributed by atoms with Crippen LogP contribution in [0.4, 0.5) is 0 Å². The van der Waals surface area contributed by atoms with Gasteiger partial charge in [-0.3, -0.25) is 4.79 Å². The Bertz CT molecular complexity index is 426. The first-order valence-corrected chi connectivity index (χ1v) is 6.88. The van der Waals surface area contributed by atoms with Gasteiger partial charge in [-0.2, -0.15) is 0 Å². The molecule has 1 fully saturated rings. The van der Waals surface area contributed by atoms with E-state index in [-0.39, 0.29) is 12.5 Å². The number of amides is 1. The minimum Gasteiger partial charge on any atom is -0.484 e. The molecule has 1 aliphatic rings. The lowest BCUT2D eigenvalue weighted by atomic mass is 10.2. The third-order valence-electron chi connectivity index (χ3n) is 3.52. The first-order chi connectivity index (χ1) is 9.19. The van der Waals surface area contributed by atoms with Crippen LogP contribution >= 0.6 is 0 Å². The number of hydrogen-bond donors (Lipinski definition) is 0. The number of carbonyl (C=O) groups excluding carboxylic acids is 1. The molecule has 1 aromatic rings. The van der Waals surface area contributed by atoms with Gasteiger partial charge in [-0.05, 0) is 31.2 Å². The molecule has 0 atom stereocenters. The fourth-order valence-electron chi connectivity index (χ4n) is 2.25. The first kappa shape index (κ1) is 13.9. The second kappa shape index (κ2) is 6.57. The van der Waals surface area contributed by atoms with Gasteiger partial charge < -0.3 is 14.5 Å². The van der Waals surface area contributed by atoms with Gasteiger partial charge in [0.05, 0.1) is 0 Å². The molecule has 0 spiro atoms. The van der Waals surface area contributed by atoms with Crippen LogP contribution in [-0.2, 0) is 4.79 Å².